The Labute approximate surface area is 169 Å². The molecule has 1 aromatic carbocycles. The van der Waals surface area contributed by atoms with Crippen molar-refractivity contribution in [3.8, 4) is 5.75 Å². The molecule has 9 nitrogen and oxygen atoms in total. The van der Waals surface area contributed by atoms with Crippen LogP contribution in [0.4, 0.5) is 0 Å². The normalized spacial score (nSPS) is 22.0. The minimum Gasteiger partial charge on any atom is -0.494 e. The second-order valence-corrected chi connectivity index (χ2v) is 9.68. The van der Waals surface area contributed by atoms with E-state index < -0.39 is 9.84 Å². The van der Waals surface area contributed by atoms with Crippen LogP contribution >= 0.6 is 0 Å². The molecule has 1 aromatic heterocycles. The molecule has 2 aromatic rings. The van der Waals surface area contributed by atoms with Crippen molar-refractivity contribution in [1.82, 2.24) is 20.0 Å². The van der Waals surface area contributed by atoms with Crippen LogP contribution in [-0.4, -0.2) is 86.5 Å². The summed E-state index contributed by atoms with van der Waals surface area (Å²) in [6.07, 6.45) is 0.438. The molecule has 2 aliphatic heterocycles. The molecule has 1 amide bonds. The number of aromatic nitrogens is 2. The number of amides is 1. The van der Waals surface area contributed by atoms with Crippen LogP contribution < -0.4 is 10.1 Å². The summed E-state index contributed by atoms with van der Waals surface area (Å²) in [7, 11) is -1.47. The second kappa shape index (κ2) is 8.29. The molecule has 2 saturated heterocycles. The third-order valence-electron chi connectivity index (χ3n) is 5.47. The highest BCUT2D eigenvalue weighted by Gasteiger charge is 2.30. The summed E-state index contributed by atoms with van der Waals surface area (Å²) in [5, 5.41) is 8.11. The molecule has 10 heteroatoms. The number of nitrogens with zero attached hydrogens (tertiary/aromatic N) is 3. The number of carbonyl (C=O) groups is 1. The van der Waals surface area contributed by atoms with Crippen LogP contribution in [0.25, 0.3) is 10.9 Å². The van der Waals surface area contributed by atoms with Crippen LogP contribution in [-0.2, 0) is 21.1 Å². The lowest BCUT2D eigenvalue weighted by Gasteiger charge is -2.26. The summed E-state index contributed by atoms with van der Waals surface area (Å²) < 4.78 is 36.1. The van der Waals surface area contributed by atoms with E-state index in [1.165, 1.54) is 0 Å². The van der Waals surface area contributed by atoms with Gasteiger partial charge < -0.3 is 14.8 Å². The van der Waals surface area contributed by atoms with Crippen molar-refractivity contribution in [3.63, 3.8) is 0 Å². The Morgan fingerprint density at radius 1 is 1.31 bits per heavy atom. The predicted molar refractivity (Wildman–Crippen MR) is 108 cm³/mol. The maximum absolute atomic E-state index is 12.9. The zero-order valence-corrected chi connectivity index (χ0v) is 17.3. The highest BCUT2D eigenvalue weighted by Crippen LogP contribution is 2.28. The molecule has 0 spiro atoms. The number of ether oxygens (including phenoxy) is 2. The third kappa shape index (κ3) is 4.39. The summed E-state index contributed by atoms with van der Waals surface area (Å²) in [4.78, 5) is 15.2. The minimum absolute atomic E-state index is 0.0161. The molecule has 3 heterocycles. The molecule has 29 heavy (non-hydrogen) atoms. The van der Waals surface area contributed by atoms with Crippen molar-refractivity contribution >= 4 is 26.6 Å². The van der Waals surface area contributed by atoms with Gasteiger partial charge in [0.15, 0.2) is 15.5 Å². The molecule has 0 radical (unpaired) electrons. The van der Waals surface area contributed by atoms with Crippen molar-refractivity contribution in [3.05, 3.63) is 23.9 Å². The number of morpholine rings is 1. The van der Waals surface area contributed by atoms with Crippen LogP contribution in [0.2, 0.25) is 0 Å². The van der Waals surface area contributed by atoms with E-state index >= 15 is 0 Å². The average Bonchev–Trinajstić information content (AvgIpc) is 3.26. The highest BCUT2D eigenvalue weighted by atomic mass is 32.2. The van der Waals surface area contributed by atoms with E-state index in [1.807, 2.05) is 22.9 Å². The Bertz CT molecular complexity index is 997. The molecule has 0 saturated carbocycles. The number of hydrogen-bond acceptors (Lipinski definition) is 7. The molecule has 1 unspecified atom stereocenters. The van der Waals surface area contributed by atoms with Crippen LogP contribution in [0.5, 0.6) is 5.75 Å². The monoisotopic (exact) mass is 422 g/mol. The maximum Gasteiger partial charge on any atom is 0.272 e. The number of rotatable bonds is 6. The Morgan fingerprint density at radius 2 is 2.10 bits per heavy atom. The van der Waals surface area contributed by atoms with Crippen molar-refractivity contribution in [2.45, 2.75) is 19.0 Å². The van der Waals surface area contributed by atoms with Gasteiger partial charge in [0, 0.05) is 31.1 Å². The molecule has 158 valence electrons. The fraction of sp³-hybridized carbons (Fsp3) is 0.579. The quantitative estimate of drug-likeness (QED) is 0.714. The van der Waals surface area contributed by atoms with Gasteiger partial charge >= 0.3 is 0 Å². The Kier molecular flexibility index (Phi) is 5.75. The summed E-state index contributed by atoms with van der Waals surface area (Å²) in [6.45, 7) is 4.60. The van der Waals surface area contributed by atoms with E-state index in [0.717, 1.165) is 38.4 Å². The number of carbonyl (C=O) groups excluding carboxylic acids is 1. The first-order chi connectivity index (χ1) is 14.0. The van der Waals surface area contributed by atoms with Gasteiger partial charge in [0.25, 0.3) is 5.91 Å². The SMILES string of the molecule is COc1cccc2c(C(=O)NC3CCS(=O)(=O)C3)nn(CCN3CCOCC3)c12. The number of nitrogens with one attached hydrogen (secondary N) is 1. The first kappa shape index (κ1) is 20.1. The van der Waals surface area contributed by atoms with E-state index in [2.05, 4.69) is 15.3 Å². The zero-order chi connectivity index (χ0) is 20.4. The Morgan fingerprint density at radius 3 is 2.79 bits per heavy atom. The molecular formula is C19H26N4O5S. The predicted octanol–water partition coefficient (Wildman–Crippen LogP) is 0.294. The lowest BCUT2D eigenvalue weighted by atomic mass is 10.1. The number of para-hydroxylation sites is 1. The smallest absolute Gasteiger partial charge is 0.272 e. The van der Waals surface area contributed by atoms with E-state index in [9.17, 15) is 13.2 Å². The zero-order valence-electron chi connectivity index (χ0n) is 16.5. The van der Waals surface area contributed by atoms with Gasteiger partial charge in [-0.25, -0.2) is 8.42 Å². The van der Waals surface area contributed by atoms with E-state index in [-0.39, 0.29) is 23.5 Å². The van der Waals surface area contributed by atoms with Gasteiger partial charge in [-0.2, -0.15) is 5.10 Å². The topological polar surface area (TPSA) is 103 Å². The second-order valence-electron chi connectivity index (χ2n) is 7.46. The summed E-state index contributed by atoms with van der Waals surface area (Å²) in [5.41, 5.74) is 1.07. The largest absolute Gasteiger partial charge is 0.494 e. The molecule has 1 atom stereocenters. The third-order valence-corrected chi connectivity index (χ3v) is 7.24. The van der Waals surface area contributed by atoms with Gasteiger partial charge in [0.2, 0.25) is 0 Å². The number of fused-ring (bicyclic) bond motifs is 1. The van der Waals surface area contributed by atoms with Crippen molar-refractivity contribution in [2.75, 3.05) is 51.5 Å². The highest BCUT2D eigenvalue weighted by molar-refractivity contribution is 7.91. The average molecular weight is 423 g/mol. The molecule has 4 rings (SSSR count). The van der Waals surface area contributed by atoms with E-state index in [4.69, 9.17) is 9.47 Å². The number of benzene rings is 1. The molecule has 2 fully saturated rings. The van der Waals surface area contributed by atoms with Gasteiger partial charge in [0.1, 0.15) is 11.3 Å². The van der Waals surface area contributed by atoms with Crippen LogP contribution in [0, 0.1) is 0 Å². The molecule has 1 N–H and O–H groups in total. The summed E-state index contributed by atoms with van der Waals surface area (Å²) in [5.74, 6) is 0.396. The van der Waals surface area contributed by atoms with Crippen LogP contribution in [0.3, 0.4) is 0 Å². The van der Waals surface area contributed by atoms with Gasteiger partial charge in [-0.3, -0.25) is 14.4 Å². The lowest BCUT2D eigenvalue weighted by molar-refractivity contribution is 0.0361. The fourth-order valence-corrected chi connectivity index (χ4v) is 5.60. The van der Waals surface area contributed by atoms with Crippen LogP contribution in [0.15, 0.2) is 18.2 Å². The number of sulfone groups is 1. The Hall–Kier alpha value is -2.17. The fourth-order valence-electron chi connectivity index (χ4n) is 3.92. The van der Waals surface area contributed by atoms with Gasteiger partial charge in [-0.15, -0.1) is 0 Å². The first-order valence-corrected chi connectivity index (χ1v) is 11.6. The van der Waals surface area contributed by atoms with Gasteiger partial charge in [0.05, 0.1) is 38.4 Å². The molecule has 0 bridgehead atoms. The Balaban J connectivity index is 1.59. The van der Waals surface area contributed by atoms with Crippen molar-refractivity contribution in [2.24, 2.45) is 0 Å². The molecule has 0 aliphatic carbocycles. The number of hydrogen-bond donors (Lipinski definition) is 1. The van der Waals surface area contributed by atoms with E-state index in [0.29, 0.717) is 29.8 Å². The molecular weight excluding hydrogens is 396 g/mol. The minimum atomic E-state index is -3.07. The maximum atomic E-state index is 12.9. The van der Waals surface area contributed by atoms with Gasteiger partial charge in [-0.05, 0) is 12.5 Å². The van der Waals surface area contributed by atoms with Crippen molar-refractivity contribution < 1.29 is 22.7 Å². The van der Waals surface area contributed by atoms with Crippen LogP contribution in [0.1, 0.15) is 16.9 Å². The van der Waals surface area contributed by atoms with Gasteiger partial charge in [-0.1, -0.05) is 12.1 Å². The first-order valence-electron chi connectivity index (χ1n) is 9.82. The summed E-state index contributed by atoms with van der Waals surface area (Å²) in [6, 6.07) is 5.15. The van der Waals surface area contributed by atoms with E-state index in [1.54, 1.807) is 7.11 Å². The number of methoxy groups -OCH3 is 1. The lowest BCUT2D eigenvalue weighted by Crippen LogP contribution is -2.38. The summed E-state index contributed by atoms with van der Waals surface area (Å²) >= 11 is 0. The van der Waals surface area contributed by atoms with Crippen molar-refractivity contribution in [1.29, 1.82) is 0 Å². The standard InChI is InChI=1S/C19H26N4O5S/c1-27-16-4-2-3-15-17(19(24)20-14-5-12-29(25,26)13-14)21-23(18(15)16)7-6-22-8-10-28-11-9-22/h2-4,14H,5-13H2,1H3,(H,20,24). The molecule has 2 aliphatic rings.